The van der Waals surface area contributed by atoms with E-state index in [0.717, 1.165) is 61.4 Å². The number of carbonyl (C=O) groups excluding carboxylic acids is 1. The van der Waals surface area contributed by atoms with Gasteiger partial charge in [0.15, 0.2) is 0 Å². The van der Waals surface area contributed by atoms with Crippen molar-refractivity contribution in [1.82, 2.24) is 15.0 Å². The zero-order chi connectivity index (χ0) is 17.6. The van der Waals surface area contributed by atoms with Gasteiger partial charge in [0.25, 0.3) is 5.91 Å². The van der Waals surface area contributed by atoms with E-state index < -0.39 is 0 Å². The molecule has 0 unspecified atom stereocenters. The second-order valence-corrected chi connectivity index (χ2v) is 6.90. The lowest BCUT2D eigenvalue weighted by Crippen LogP contribution is -2.31. The minimum atomic E-state index is -0.0125. The van der Waals surface area contributed by atoms with Crippen molar-refractivity contribution in [3.8, 4) is 5.88 Å². The van der Waals surface area contributed by atoms with Crippen LogP contribution in [0.5, 0.6) is 5.88 Å². The van der Waals surface area contributed by atoms with Gasteiger partial charge >= 0.3 is 0 Å². The Bertz CT molecular complexity index is 808. The molecule has 1 fully saturated rings. The second-order valence-electron chi connectivity index (χ2n) is 6.90. The lowest BCUT2D eigenvalue weighted by Gasteiger charge is -2.25. The van der Waals surface area contributed by atoms with Gasteiger partial charge in [-0.05, 0) is 57.6 Å². The Labute approximate surface area is 147 Å². The molecule has 0 aromatic carbocycles. The minimum Gasteiger partial charge on any atom is -0.480 e. The maximum Gasteiger partial charge on any atom is 0.259 e. The second kappa shape index (κ2) is 6.17. The van der Waals surface area contributed by atoms with E-state index in [4.69, 9.17) is 9.26 Å². The predicted molar refractivity (Wildman–Crippen MR) is 91.8 cm³/mol. The molecule has 2 aromatic heterocycles. The first kappa shape index (κ1) is 16.1. The van der Waals surface area contributed by atoms with E-state index in [1.165, 1.54) is 5.56 Å². The molecule has 25 heavy (non-hydrogen) atoms. The van der Waals surface area contributed by atoms with Gasteiger partial charge in [-0.1, -0.05) is 5.16 Å². The van der Waals surface area contributed by atoms with E-state index in [9.17, 15) is 4.79 Å². The highest BCUT2D eigenvalue weighted by atomic mass is 16.5. The zero-order valence-corrected chi connectivity index (χ0v) is 15.0. The summed E-state index contributed by atoms with van der Waals surface area (Å²) in [5.41, 5.74) is 4.72. The number of ether oxygens (including phenoxy) is 1. The van der Waals surface area contributed by atoms with Crippen molar-refractivity contribution in [2.75, 3.05) is 13.7 Å². The van der Waals surface area contributed by atoms with Crippen LogP contribution in [-0.4, -0.2) is 34.6 Å². The van der Waals surface area contributed by atoms with Crippen LogP contribution in [0.4, 0.5) is 0 Å². The molecular formula is C19H23N3O3. The number of fused-ring (bicyclic) bond motifs is 1. The quantitative estimate of drug-likeness (QED) is 0.858. The van der Waals surface area contributed by atoms with Crippen LogP contribution in [0.2, 0.25) is 0 Å². The average molecular weight is 341 g/mol. The summed E-state index contributed by atoms with van der Waals surface area (Å²) in [7, 11) is 1.58. The first-order chi connectivity index (χ1) is 12.1. The van der Waals surface area contributed by atoms with Crippen molar-refractivity contribution in [1.29, 1.82) is 0 Å². The normalized spacial score (nSPS) is 19.3. The summed E-state index contributed by atoms with van der Waals surface area (Å²) < 4.78 is 10.8. The third-order valence-electron chi connectivity index (χ3n) is 5.38. The Morgan fingerprint density at radius 2 is 2.16 bits per heavy atom. The molecule has 0 N–H and O–H groups in total. The molecule has 1 amide bonds. The molecule has 0 spiro atoms. The van der Waals surface area contributed by atoms with Gasteiger partial charge in [0, 0.05) is 17.8 Å². The van der Waals surface area contributed by atoms with Crippen LogP contribution in [0.3, 0.4) is 0 Å². The van der Waals surface area contributed by atoms with Crippen molar-refractivity contribution in [3.05, 3.63) is 39.9 Å². The molecule has 1 aliphatic carbocycles. The standard InChI is InChI=1S/C19H23N3O3/c1-11-17(12(2)25-21-11)16-8-5-9-22(16)19(23)14-10-13-6-4-7-15(13)20-18(14)24-3/h10,16H,4-9H2,1-3H3/t16-/m1/s1. The molecule has 0 saturated carbocycles. The molecule has 1 saturated heterocycles. The first-order valence-electron chi connectivity index (χ1n) is 8.90. The zero-order valence-electron chi connectivity index (χ0n) is 15.0. The summed E-state index contributed by atoms with van der Waals surface area (Å²) in [6.45, 7) is 4.58. The SMILES string of the molecule is COc1nc2c(cc1C(=O)N1CCC[C@@H]1c1c(C)noc1C)CCC2. The lowest BCUT2D eigenvalue weighted by molar-refractivity contribution is 0.0730. The molecule has 4 rings (SSSR count). The van der Waals surface area contributed by atoms with Crippen LogP contribution in [-0.2, 0) is 12.8 Å². The van der Waals surface area contributed by atoms with Crippen LogP contribution >= 0.6 is 0 Å². The number of hydrogen-bond acceptors (Lipinski definition) is 5. The molecule has 2 aliphatic rings. The van der Waals surface area contributed by atoms with Crippen molar-refractivity contribution in [3.63, 3.8) is 0 Å². The minimum absolute atomic E-state index is 0.0108. The van der Waals surface area contributed by atoms with Gasteiger partial charge in [0.2, 0.25) is 5.88 Å². The van der Waals surface area contributed by atoms with E-state index >= 15 is 0 Å². The highest BCUT2D eigenvalue weighted by molar-refractivity contribution is 5.97. The number of pyridine rings is 1. The number of methoxy groups -OCH3 is 1. The Morgan fingerprint density at radius 3 is 2.88 bits per heavy atom. The van der Waals surface area contributed by atoms with Gasteiger partial charge in [-0.3, -0.25) is 4.79 Å². The fraction of sp³-hybridized carbons (Fsp3) is 0.526. The number of hydrogen-bond donors (Lipinski definition) is 0. The summed E-state index contributed by atoms with van der Waals surface area (Å²) in [5.74, 6) is 1.22. The van der Waals surface area contributed by atoms with Gasteiger partial charge in [0.1, 0.15) is 11.3 Å². The maximum atomic E-state index is 13.3. The van der Waals surface area contributed by atoms with Crippen LogP contribution in [0, 0.1) is 13.8 Å². The van der Waals surface area contributed by atoms with Crippen LogP contribution in [0.1, 0.15) is 63.9 Å². The van der Waals surface area contributed by atoms with E-state index in [1.807, 2.05) is 24.8 Å². The smallest absolute Gasteiger partial charge is 0.259 e. The molecule has 132 valence electrons. The number of carbonyl (C=O) groups is 1. The van der Waals surface area contributed by atoms with E-state index in [0.29, 0.717) is 11.4 Å². The number of amides is 1. The topological polar surface area (TPSA) is 68.5 Å². The van der Waals surface area contributed by atoms with Crippen LogP contribution in [0.15, 0.2) is 10.6 Å². The van der Waals surface area contributed by atoms with E-state index in [1.54, 1.807) is 7.11 Å². The monoisotopic (exact) mass is 341 g/mol. The summed E-state index contributed by atoms with van der Waals surface area (Å²) in [6, 6.07) is 2.00. The van der Waals surface area contributed by atoms with E-state index in [-0.39, 0.29) is 11.9 Å². The Hall–Kier alpha value is -2.37. The summed E-state index contributed by atoms with van der Waals surface area (Å²) in [6.07, 6.45) is 4.94. The maximum absolute atomic E-state index is 13.3. The molecular weight excluding hydrogens is 318 g/mol. The number of likely N-dealkylation sites (tertiary alicyclic amines) is 1. The largest absolute Gasteiger partial charge is 0.480 e. The number of nitrogens with zero attached hydrogens (tertiary/aromatic N) is 3. The van der Waals surface area contributed by atoms with Crippen molar-refractivity contribution in [2.45, 2.75) is 52.0 Å². The summed E-state index contributed by atoms with van der Waals surface area (Å²) >= 11 is 0. The van der Waals surface area contributed by atoms with Crippen molar-refractivity contribution < 1.29 is 14.1 Å². The lowest BCUT2D eigenvalue weighted by atomic mass is 10.0. The molecule has 1 aliphatic heterocycles. The Balaban J connectivity index is 1.71. The third kappa shape index (κ3) is 2.60. The molecule has 1 atom stereocenters. The number of aromatic nitrogens is 2. The molecule has 0 bridgehead atoms. The third-order valence-corrected chi connectivity index (χ3v) is 5.38. The molecule has 6 heteroatoms. The highest BCUT2D eigenvalue weighted by Gasteiger charge is 2.36. The van der Waals surface area contributed by atoms with Crippen LogP contribution < -0.4 is 4.74 Å². The first-order valence-corrected chi connectivity index (χ1v) is 8.90. The fourth-order valence-corrected chi connectivity index (χ4v) is 4.19. The van der Waals surface area contributed by atoms with Gasteiger partial charge in [-0.2, -0.15) is 0 Å². The summed E-state index contributed by atoms with van der Waals surface area (Å²) in [5, 5.41) is 4.06. The van der Waals surface area contributed by atoms with Crippen LogP contribution in [0.25, 0.3) is 0 Å². The summed E-state index contributed by atoms with van der Waals surface area (Å²) in [4.78, 5) is 19.8. The fourth-order valence-electron chi connectivity index (χ4n) is 4.19. The Kier molecular flexibility index (Phi) is 3.98. The highest BCUT2D eigenvalue weighted by Crippen LogP contribution is 2.38. The average Bonchev–Trinajstić information content (AvgIpc) is 3.32. The van der Waals surface area contributed by atoms with Crippen molar-refractivity contribution in [2.24, 2.45) is 0 Å². The van der Waals surface area contributed by atoms with E-state index in [2.05, 4.69) is 10.1 Å². The number of rotatable bonds is 3. The van der Waals surface area contributed by atoms with Gasteiger partial charge in [-0.25, -0.2) is 4.98 Å². The molecule has 2 aromatic rings. The van der Waals surface area contributed by atoms with Crippen molar-refractivity contribution >= 4 is 5.91 Å². The molecule has 6 nitrogen and oxygen atoms in total. The van der Waals surface area contributed by atoms with Gasteiger partial charge < -0.3 is 14.2 Å². The Morgan fingerprint density at radius 1 is 1.32 bits per heavy atom. The predicted octanol–water partition coefficient (Wildman–Crippen LogP) is 3.16. The molecule has 3 heterocycles. The van der Waals surface area contributed by atoms with Gasteiger partial charge in [0.05, 0.1) is 18.8 Å². The van der Waals surface area contributed by atoms with Gasteiger partial charge in [-0.15, -0.1) is 0 Å². The molecule has 0 radical (unpaired) electrons. The number of aryl methyl sites for hydroxylation is 4.